The summed E-state index contributed by atoms with van der Waals surface area (Å²) in [7, 11) is -3.34. The van der Waals surface area contributed by atoms with Gasteiger partial charge in [0.1, 0.15) is 5.82 Å². The van der Waals surface area contributed by atoms with Gasteiger partial charge in [0.05, 0.1) is 6.26 Å². The van der Waals surface area contributed by atoms with Crippen LogP contribution in [0.2, 0.25) is 0 Å². The summed E-state index contributed by atoms with van der Waals surface area (Å²) in [5.74, 6) is -0.291. The first-order valence-corrected chi connectivity index (χ1v) is 12.2. The highest BCUT2D eigenvalue weighted by atomic mass is 35.5. The van der Waals surface area contributed by atoms with E-state index in [9.17, 15) is 22.4 Å². The van der Waals surface area contributed by atoms with Crippen LogP contribution in [-0.2, 0) is 10.0 Å². The van der Waals surface area contributed by atoms with Gasteiger partial charge in [-0.3, -0.25) is 14.3 Å². The molecule has 0 aromatic heterocycles. The van der Waals surface area contributed by atoms with Gasteiger partial charge in [-0.2, -0.15) is 0 Å². The highest BCUT2D eigenvalue weighted by molar-refractivity contribution is 7.92. The third-order valence-corrected chi connectivity index (χ3v) is 6.08. The molecule has 1 aliphatic heterocycles. The van der Waals surface area contributed by atoms with Crippen molar-refractivity contribution < 1.29 is 22.4 Å². The standard InChI is InChI=1S/C23H27FN2O4S.ClH/c1-31(29,30)25-21-10-6-17(7-11-21)22(27)3-2-14-26-15-12-19(13-16-26)23(28)18-4-8-20(24)9-5-18;/h4-11,19,25H,2-3,12-16H2,1H3;1H. The maximum absolute atomic E-state index is 13.0. The van der Waals surface area contributed by atoms with Crippen molar-refractivity contribution in [2.24, 2.45) is 5.92 Å². The first kappa shape index (κ1) is 26.0. The summed E-state index contributed by atoms with van der Waals surface area (Å²) in [6.07, 6.45) is 3.73. The maximum atomic E-state index is 13.0. The van der Waals surface area contributed by atoms with E-state index in [-0.39, 0.29) is 35.7 Å². The first-order chi connectivity index (χ1) is 14.7. The number of carbonyl (C=O) groups excluding carboxylic acids is 2. The fraction of sp³-hybridized carbons (Fsp3) is 0.391. The molecule has 174 valence electrons. The number of nitrogens with zero attached hydrogens (tertiary/aromatic N) is 1. The number of benzene rings is 2. The van der Waals surface area contributed by atoms with Crippen molar-refractivity contribution >= 4 is 39.7 Å². The van der Waals surface area contributed by atoms with Crippen LogP contribution >= 0.6 is 12.4 Å². The Morgan fingerprint density at radius 1 is 1.00 bits per heavy atom. The third kappa shape index (κ3) is 7.69. The van der Waals surface area contributed by atoms with Crippen LogP contribution in [0.25, 0.3) is 0 Å². The summed E-state index contributed by atoms with van der Waals surface area (Å²) in [6.45, 7) is 2.40. The monoisotopic (exact) mass is 482 g/mol. The van der Waals surface area contributed by atoms with Crippen molar-refractivity contribution in [3.8, 4) is 0 Å². The Bertz CT molecular complexity index is 1020. The van der Waals surface area contributed by atoms with Crippen molar-refractivity contribution in [1.29, 1.82) is 0 Å². The molecule has 2 aromatic carbocycles. The van der Waals surface area contributed by atoms with Gasteiger partial charge in [0.25, 0.3) is 0 Å². The second kappa shape index (κ2) is 11.5. The number of sulfonamides is 1. The molecule has 3 rings (SSSR count). The molecule has 1 N–H and O–H groups in total. The van der Waals surface area contributed by atoms with E-state index < -0.39 is 10.0 Å². The molecule has 0 amide bonds. The quantitative estimate of drug-likeness (QED) is 0.542. The van der Waals surface area contributed by atoms with Crippen molar-refractivity contribution in [2.75, 3.05) is 30.6 Å². The molecule has 1 saturated heterocycles. The minimum atomic E-state index is -3.34. The van der Waals surface area contributed by atoms with Crippen molar-refractivity contribution in [1.82, 2.24) is 4.90 Å². The Morgan fingerprint density at radius 2 is 1.56 bits per heavy atom. The fourth-order valence-electron chi connectivity index (χ4n) is 3.81. The maximum Gasteiger partial charge on any atom is 0.229 e. The Labute approximate surface area is 194 Å². The molecule has 32 heavy (non-hydrogen) atoms. The van der Waals surface area contributed by atoms with Gasteiger partial charge >= 0.3 is 0 Å². The second-order valence-electron chi connectivity index (χ2n) is 7.97. The van der Waals surface area contributed by atoms with Gasteiger partial charge in [-0.05, 0) is 87.4 Å². The molecule has 1 fully saturated rings. The van der Waals surface area contributed by atoms with E-state index in [0.29, 0.717) is 23.2 Å². The molecule has 2 aromatic rings. The molecular formula is C23H28ClFN2O4S. The molecule has 0 bridgehead atoms. The highest BCUT2D eigenvalue weighted by Crippen LogP contribution is 2.22. The highest BCUT2D eigenvalue weighted by Gasteiger charge is 2.25. The summed E-state index contributed by atoms with van der Waals surface area (Å²) in [5.41, 5.74) is 1.54. The predicted molar refractivity (Wildman–Crippen MR) is 126 cm³/mol. The van der Waals surface area contributed by atoms with Gasteiger partial charge in [0.2, 0.25) is 10.0 Å². The van der Waals surface area contributed by atoms with Crippen LogP contribution in [0.4, 0.5) is 10.1 Å². The van der Waals surface area contributed by atoms with E-state index in [1.165, 1.54) is 12.1 Å². The summed E-state index contributed by atoms with van der Waals surface area (Å²) in [4.78, 5) is 27.2. The number of nitrogens with one attached hydrogen (secondary N) is 1. The van der Waals surface area contributed by atoms with Crippen molar-refractivity contribution in [3.05, 3.63) is 65.5 Å². The van der Waals surface area contributed by atoms with E-state index in [2.05, 4.69) is 9.62 Å². The van der Waals surface area contributed by atoms with Crippen molar-refractivity contribution in [3.63, 3.8) is 0 Å². The molecule has 0 aliphatic carbocycles. The zero-order valence-corrected chi connectivity index (χ0v) is 19.6. The van der Waals surface area contributed by atoms with Gasteiger partial charge in [0, 0.05) is 29.2 Å². The number of anilines is 1. The molecule has 1 aliphatic rings. The number of hydrogen-bond acceptors (Lipinski definition) is 5. The summed E-state index contributed by atoms with van der Waals surface area (Å²) < 4.78 is 37.9. The predicted octanol–water partition coefficient (Wildman–Crippen LogP) is 4.18. The SMILES string of the molecule is CS(=O)(=O)Nc1ccc(C(=O)CCCN2CCC(C(=O)c3ccc(F)cc3)CC2)cc1.Cl. The third-order valence-electron chi connectivity index (χ3n) is 5.48. The molecule has 0 spiro atoms. The average Bonchev–Trinajstić information content (AvgIpc) is 2.73. The lowest BCUT2D eigenvalue weighted by molar-refractivity contribution is 0.0837. The molecule has 0 unspecified atom stereocenters. The summed E-state index contributed by atoms with van der Waals surface area (Å²) in [5, 5.41) is 0. The molecular weight excluding hydrogens is 455 g/mol. The van der Waals surface area contributed by atoms with E-state index in [0.717, 1.165) is 45.2 Å². The average molecular weight is 483 g/mol. The lowest BCUT2D eigenvalue weighted by Crippen LogP contribution is -2.37. The smallest absolute Gasteiger partial charge is 0.229 e. The number of carbonyl (C=O) groups is 2. The molecule has 0 saturated carbocycles. The van der Waals surface area contributed by atoms with Crippen LogP contribution in [0.5, 0.6) is 0 Å². The number of piperidine rings is 1. The minimum absolute atomic E-state index is 0. The second-order valence-corrected chi connectivity index (χ2v) is 9.71. The van der Waals surface area contributed by atoms with Crippen LogP contribution in [0.15, 0.2) is 48.5 Å². The minimum Gasteiger partial charge on any atom is -0.303 e. The molecule has 9 heteroatoms. The summed E-state index contributed by atoms with van der Waals surface area (Å²) in [6, 6.07) is 12.1. The van der Waals surface area contributed by atoms with E-state index in [1.807, 2.05) is 0 Å². The molecule has 0 atom stereocenters. The topological polar surface area (TPSA) is 83.6 Å². The zero-order chi connectivity index (χ0) is 22.4. The van der Waals surface area contributed by atoms with E-state index >= 15 is 0 Å². The van der Waals surface area contributed by atoms with Crippen LogP contribution in [0.3, 0.4) is 0 Å². The summed E-state index contributed by atoms with van der Waals surface area (Å²) >= 11 is 0. The Kier molecular flexibility index (Phi) is 9.36. The van der Waals surface area contributed by atoms with Crippen LogP contribution in [0, 0.1) is 11.7 Å². The first-order valence-electron chi connectivity index (χ1n) is 10.3. The van der Waals surface area contributed by atoms with Gasteiger partial charge in [-0.15, -0.1) is 12.4 Å². The van der Waals surface area contributed by atoms with Gasteiger partial charge in [0.15, 0.2) is 11.6 Å². The van der Waals surface area contributed by atoms with E-state index in [4.69, 9.17) is 0 Å². The Morgan fingerprint density at radius 3 is 2.12 bits per heavy atom. The normalized spacial score (nSPS) is 15.1. The lowest BCUT2D eigenvalue weighted by atomic mass is 9.89. The Balaban J connectivity index is 0.00000363. The number of ketones is 2. The molecule has 0 radical (unpaired) electrons. The van der Waals surface area contributed by atoms with Gasteiger partial charge in [-0.1, -0.05) is 0 Å². The van der Waals surface area contributed by atoms with Crippen molar-refractivity contribution in [2.45, 2.75) is 25.7 Å². The van der Waals surface area contributed by atoms with Gasteiger partial charge in [-0.25, -0.2) is 12.8 Å². The Hall–Kier alpha value is -2.29. The number of rotatable bonds is 9. The number of Topliss-reactive ketones (excluding diaryl/α,β-unsaturated/α-hetero) is 2. The number of hydrogen-bond donors (Lipinski definition) is 1. The number of likely N-dealkylation sites (tertiary alicyclic amines) is 1. The van der Waals surface area contributed by atoms with Crippen LogP contribution in [-0.4, -0.2) is 50.8 Å². The fourth-order valence-corrected chi connectivity index (χ4v) is 4.38. The molecule has 6 nitrogen and oxygen atoms in total. The lowest BCUT2D eigenvalue weighted by Gasteiger charge is -2.31. The van der Waals surface area contributed by atoms with Gasteiger partial charge < -0.3 is 4.90 Å². The largest absolute Gasteiger partial charge is 0.303 e. The number of halogens is 2. The van der Waals surface area contributed by atoms with E-state index in [1.54, 1.807) is 36.4 Å². The zero-order valence-electron chi connectivity index (χ0n) is 17.9. The van der Waals surface area contributed by atoms with Crippen LogP contribution < -0.4 is 4.72 Å². The molecule has 1 heterocycles. The van der Waals surface area contributed by atoms with Crippen LogP contribution in [0.1, 0.15) is 46.4 Å².